The number of anilines is 1. The van der Waals surface area contributed by atoms with Gasteiger partial charge in [0.1, 0.15) is 29.8 Å². The fourth-order valence-corrected chi connectivity index (χ4v) is 6.06. The minimum Gasteiger partial charge on any atom is -0.497 e. The summed E-state index contributed by atoms with van der Waals surface area (Å²) in [6.07, 6.45) is 0.720. The summed E-state index contributed by atoms with van der Waals surface area (Å²) in [5, 5.41) is 2.94. The molecule has 0 heterocycles. The predicted octanol–water partition coefficient (Wildman–Crippen LogP) is 6.32. The van der Waals surface area contributed by atoms with Gasteiger partial charge < -0.3 is 19.7 Å². The van der Waals surface area contributed by atoms with Crippen LogP contribution in [0, 0.1) is 6.92 Å². The highest BCUT2D eigenvalue weighted by atomic mass is 32.2. The zero-order chi connectivity index (χ0) is 33.3. The quantitative estimate of drug-likeness (QED) is 0.172. The zero-order valence-corrected chi connectivity index (χ0v) is 27.7. The summed E-state index contributed by atoms with van der Waals surface area (Å²) >= 11 is 0. The highest BCUT2D eigenvalue weighted by molar-refractivity contribution is 7.92. The monoisotopic (exact) mass is 643 g/mol. The summed E-state index contributed by atoms with van der Waals surface area (Å²) in [6.45, 7) is 6.91. The lowest BCUT2D eigenvalue weighted by Crippen LogP contribution is -2.52. The summed E-state index contributed by atoms with van der Waals surface area (Å²) in [6, 6.07) is 28.4. The molecule has 0 saturated heterocycles. The number of hydrogen-bond acceptors (Lipinski definition) is 6. The van der Waals surface area contributed by atoms with Gasteiger partial charge >= 0.3 is 0 Å². The first-order valence-corrected chi connectivity index (χ1v) is 16.6. The van der Waals surface area contributed by atoms with Crippen LogP contribution in [0.2, 0.25) is 0 Å². The first-order chi connectivity index (χ1) is 22.0. The molecule has 0 fully saturated rings. The number of amides is 2. The van der Waals surface area contributed by atoms with Crippen LogP contribution in [0.1, 0.15) is 38.3 Å². The molecule has 0 bridgehead atoms. The second-order valence-electron chi connectivity index (χ2n) is 11.1. The molecule has 4 aromatic rings. The van der Waals surface area contributed by atoms with Gasteiger partial charge in [-0.15, -0.1) is 0 Å². The maximum atomic E-state index is 14.2. The van der Waals surface area contributed by atoms with Crippen molar-refractivity contribution in [1.29, 1.82) is 0 Å². The topological polar surface area (TPSA) is 105 Å². The van der Waals surface area contributed by atoms with Crippen LogP contribution in [-0.4, -0.2) is 50.9 Å². The molecule has 0 unspecified atom stereocenters. The van der Waals surface area contributed by atoms with Crippen LogP contribution in [0.15, 0.2) is 108 Å². The minimum atomic E-state index is -4.19. The molecule has 0 aliphatic heterocycles. The van der Waals surface area contributed by atoms with E-state index in [0.29, 0.717) is 17.2 Å². The largest absolute Gasteiger partial charge is 0.497 e. The normalized spacial score (nSPS) is 12.5. The van der Waals surface area contributed by atoms with E-state index in [1.165, 1.54) is 17.0 Å². The Labute approximate surface area is 271 Å². The van der Waals surface area contributed by atoms with Crippen molar-refractivity contribution in [1.82, 2.24) is 10.2 Å². The Kier molecular flexibility index (Phi) is 11.4. The first kappa shape index (κ1) is 34.1. The number of carbonyl (C=O) groups excluding carboxylic acids is 2. The van der Waals surface area contributed by atoms with Crippen molar-refractivity contribution >= 4 is 27.5 Å². The molecule has 1 N–H and O–H groups in total. The second-order valence-corrected chi connectivity index (χ2v) is 13.0. The molecule has 4 rings (SSSR count). The number of carbonyl (C=O) groups is 2. The number of methoxy groups -OCH3 is 1. The second kappa shape index (κ2) is 15.4. The summed E-state index contributed by atoms with van der Waals surface area (Å²) in [4.78, 5) is 28.9. The van der Waals surface area contributed by atoms with Gasteiger partial charge in [-0.1, -0.05) is 55.0 Å². The molecule has 0 aliphatic rings. The fourth-order valence-electron chi connectivity index (χ4n) is 4.65. The number of para-hydroxylation sites is 1. The maximum absolute atomic E-state index is 14.2. The van der Waals surface area contributed by atoms with Crippen LogP contribution in [0.3, 0.4) is 0 Å². The Bertz CT molecular complexity index is 1690. The predicted molar refractivity (Wildman–Crippen MR) is 180 cm³/mol. The van der Waals surface area contributed by atoms with E-state index >= 15 is 0 Å². The third kappa shape index (κ3) is 8.66. The van der Waals surface area contributed by atoms with Crippen LogP contribution in [-0.2, 0) is 26.2 Å². The van der Waals surface area contributed by atoms with Gasteiger partial charge in [0.2, 0.25) is 11.8 Å². The van der Waals surface area contributed by atoms with Gasteiger partial charge in [-0.25, -0.2) is 8.42 Å². The maximum Gasteiger partial charge on any atom is 0.264 e. The molecule has 9 nitrogen and oxygen atoms in total. The molecule has 4 aromatic carbocycles. The smallest absolute Gasteiger partial charge is 0.264 e. The SMILES string of the molecule is CC[C@@H](C)NC(=O)[C@H](C)N(Cc1ccc(OC)cc1)C(=O)CN(c1ccc(Oc2ccccc2)cc1)S(=O)(=O)c1ccc(C)cc1. The third-order valence-corrected chi connectivity index (χ3v) is 9.46. The highest BCUT2D eigenvalue weighted by Gasteiger charge is 2.33. The molecule has 10 heteroatoms. The van der Waals surface area contributed by atoms with Crippen LogP contribution < -0.4 is 19.1 Å². The number of aryl methyl sites for hydroxylation is 1. The van der Waals surface area contributed by atoms with E-state index in [-0.39, 0.29) is 29.1 Å². The molecule has 2 atom stereocenters. The Morgan fingerprint density at radius 1 is 0.804 bits per heavy atom. The Morgan fingerprint density at radius 2 is 1.39 bits per heavy atom. The van der Waals surface area contributed by atoms with Gasteiger partial charge in [0, 0.05) is 12.6 Å². The third-order valence-electron chi connectivity index (χ3n) is 7.67. The molecule has 0 aromatic heterocycles. The van der Waals surface area contributed by atoms with Gasteiger partial charge in [0.05, 0.1) is 17.7 Å². The Hall–Kier alpha value is -4.83. The van der Waals surface area contributed by atoms with Crippen LogP contribution >= 0.6 is 0 Å². The van der Waals surface area contributed by atoms with Crippen molar-refractivity contribution in [3.8, 4) is 17.2 Å². The highest BCUT2D eigenvalue weighted by Crippen LogP contribution is 2.29. The van der Waals surface area contributed by atoms with E-state index < -0.39 is 28.5 Å². The van der Waals surface area contributed by atoms with Gasteiger partial charge in [0.25, 0.3) is 10.0 Å². The number of hydrogen-bond donors (Lipinski definition) is 1. The summed E-state index contributed by atoms with van der Waals surface area (Å²) in [5.41, 5.74) is 1.93. The first-order valence-electron chi connectivity index (χ1n) is 15.2. The van der Waals surface area contributed by atoms with Gasteiger partial charge in [-0.2, -0.15) is 0 Å². The van der Waals surface area contributed by atoms with Crippen LogP contribution in [0.4, 0.5) is 5.69 Å². The van der Waals surface area contributed by atoms with Crippen LogP contribution in [0.5, 0.6) is 17.2 Å². The molecular formula is C36H41N3O6S. The van der Waals surface area contributed by atoms with Crippen molar-refractivity contribution in [2.75, 3.05) is 18.0 Å². The van der Waals surface area contributed by atoms with Gasteiger partial charge in [-0.3, -0.25) is 13.9 Å². The Balaban J connectivity index is 1.70. The van der Waals surface area contributed by atoms with Gasteiger partial charge in [-0.05, 0) is 93.4 Å². The molecule has 46 heavy (non-hydrogen) atoms. The number of ether oxygens (including phenoxy) is 2. The van der Waals surface area contributed by atoms with E-state index in [1.54, 1.807) is 62.6 Å². The molecule has 0 aliphatic carbocycles. The van der Waals surface area contributed by atoms with E-state index in [4.69, 9.17) is 9.47 Å². The van der Waals surface area contributed by atoms with Crippen molar-refractivity contribution < 1.29 is 27.5 Å². The number of nitrogens with one attached hydrogen (secondary N) is 1. The van der Waals surface area contributed by atoms with E-state index in [0.717, 1.165) is 21.9 Å². The van der Waals surface area contributed by atoms with Crippen molar-refractivity contribution in [3.05, 3.63) is 114 Å². The van der Waals surface area contributed by atoms with E-state index in [2.05, 4.69) is 5.32 Å². The van der Waals surface area contributed by atoms with Crippen molar-refractivity contribution in [3.63, 3.8) is 0 Å². The van der Waals surface area contributed by atoms with E-state index in [1.807, 2.05) is 63.2 Å². The lowest BCUT2D eigenvalue weighted by molar-refractivity contribution is -0.139. The van der Waals surface area contributed by atoms with Crippen LogP contribution in [0.25, 0.3) is 0 Å². The Morgan fingerprint density at radius 3 is 1.98 bits per heavy atom. The summed E-state index contributed by atoms with van der Waals surface area (Å²) in [5.74, 6) is 0.924. The van der Waals surface area contributed by atoms with Gasteiger partial charge in [0.15, 0.2) is 0 Å². The fraction of sp³-hybridized carbons (Fsp3) is 0.278. The number of sulfonamides is 1. The molecule has 0 spiro atoms. The standard InChI is InChI=1S/C36H41N3O6S/c1-6-27(3)37-36(41)28(4)38(24-29-14-18-31(44-5)19-15-29)35(40)25-39(46(42,43)34-22-12-26(2)13-23-34)30-16-20-33(21-17-30)45-32-10-8-7-9-11-32/h7-23,27-28H,6,24-25H2,1-5H3,(H,37,41)/t27-,28+/m1/s1. The van der Waals surface area contributed by atoms with Crippen molar-refractivity contribution in [2.24, 2.45) is 0 Å². The van der Waals surface area contributed by atoms with Crippen molar-refractivity contribution in [2.45, 2.75) is 57.6 Å². The molecule has 242 valence electrons. The lowest BCUT2D eigenvalue weighted by Gasteiger charge is -2.32. The molecule has 0 radical (unpaired) electrons. The minimum absolute atomic E-state index is 0.0415. The average Bonchev–Trinajstić information content (AvgIpc) is 3.07. The summed E-state index contributed by atoms with van der Waals surface area (Å²) in [7, 11) is -2.63. The lowest BCUT2D eigenvalue weighted by atomic mass is 10.1. The number of rotatable bonds is 14. The zero-order valence-electron chi connectivity index (χ0n) is 26.8. The average molecular weight is 644 g/mol. The molecular weight excluding hydrogens is 602 g/mol. The number of benzene rings is 4. The summed E-state index contributed by atoms with van der Waals surface area (Å²) < 4.78 is 40.5. The number of nitrogens with zero attached hydrogens (tertiary/aromatic N) is 2. The molecule has 2 amide bonds. The molecule has 0 saturated carbocycles. The van der Waals surface area contributed by atoms with E-state index in [9.17, 15) is 18.0 Å².